The summed E-state index contributed by atoms with van der Waals surface area (Å²) in [5.41, 5.74) is -0.968. The maximum Gasteiger partial charge on any atom is 0.417 e. The highest BCUT2D eigenvalue weighted by atomic mass is 32.2. The Hall–Kier alpha value is -1.15. The van der Waals surface area contributed by atoms with Crippen molar-refractivity contribution in [2.45, 2.75) is 36.5 Å². The Bertz CT molecular complexity index is 521. The average Bonchev–Trinajstić information content (AvgIpc) is 2.23. The first-order valence-electron chi connectivity index (χ1n) is 5.34. The van der Waals surface area contributed by atoms with E-state index in [1.807, 2.05) is 0 Å². The number of rotatable bonds is 3. The first-order valence-corrected chi connectivity index (χ1v) is 6.83. The minimum atomic E-state index is -4.52. The van der Waals surface area contributed by atoms with Crippen LogP contribution < -0.4 is 4.72 Å². The quantitative estimate of drug-likeness (QED) is 0.920. The average molecular weight is 280 g/mol. The number of sulfonamides is 1. The van der Waals surface area contributed by atoms with Crippen molar-refractivity contribution in [1.82, 2.24) is 9.71 Å². The summed E-state index contributed by atoms with van der Waals surface area (Å²) in [5.74, 6) is 0. The van der Waals surface area contributed by atoms with Crippen molar-refractivity contribution < 1.29 is 21.6 Å². The molecule has 8 heteroatoms. The van der Waals surface area contributed by atoms with Crippen molar-refractivity contribution in [2.75, 3.05) is 0 Å². The molecule has 0 saturated heterocycles. The molecule has 1 aliphatic rings. The first kappa shape index (κ1) is 13.3. The predicted octanol–water partition coefficient (Wildman–Crippen LogP) is 1.93. The lowest BCUT2D eigenvalue weighted by Gasteiger charge is -2.25. The van der Waals surface area contributed by atoms with E-state index in [0.717, 1.165) is 25.3 Å². The molecule has 0 atom stereocenters. The van der Waals surface area contributed by atoms with Crippen LogP contribution in [-0.2, 0) is 16.2 Å². The topological polar surface area (TPSA) is 59.1 Å². The van der Waals surface area contributed by atoms with Crippen molar-refractivity contribution in [2.24, 2.45) is 0 Å². The van der Waals surface area contributed by atoms with Gasteiger partial charge in [-0.05, 0) is 25.0 Å². The minimum Gasteiger partial charge on any atom is -0.243 e. The molecule has 1 N–H and O–H groups in total. The van der Waals surface area contributed by atoms with Gasteiger partial charge in [-0.25, -0.2) is 18.1 Å². The van der Waals surface area contributed by atoms with Gasteiger partial charge in [0, 0.05) is 12.2 Å². The summed E-state index contributed by atoms with van der Waals surface area (Å²) in [6.45, 7) is 0. The number of aromatic nitrogens is 1. The zero-order valence-electron chi connectivity index (χ0n) is 9.24. The van der Waals surface area contributed by atoms with Crippen LogP contribution in [0, 0.1) is 0 Å². The molecule has 1 heterocycles. The largest absolute Gasteiger partial charge is 0.417 e. The molecule has 0 spiro atoms. The van der Waals surface area contributed by atoms with Crippen LogP contribution in [0.15, 0.2) is 23.4 Å². The molecule has 2 rings (SSSR count). The number of nitrogens with one attached hydrogen (secondary N) is 1. The van der Waals surface area contributed by atoms with Gasteiger partial charge in [0.1, 0.15) is 0 Å². The number of hydrogen-bond acceptors (Lipinski definition) is 3. The number of pyridine rings is 1. The van der Waals surface area contributed by atoms with E-state index in [4.69, 9.17) is 0 Å². The lowest BCUT2D eigenvalue weighted by Crippen LogP contribution is -2.39. The second-order valence-corrected chi connectivity index (χ2v) is 5.79. The van der Waals surface area contributed by atoms with Gasteiger partial charge in [0.05, 0.1) is 5.56 Å². The van der Waals surface area contributed by atoms with Crippen molar-refractivity contribution in [3.8, 4) is 0 Å². The molecular formula is C10H11F3N2O2S. The van der Waals surface area contributed by atoms with Gasteiger partial charge in [0.2, 0.25) is 0 Å². The minimum absolute atomic E-state index is 0.126. The summed E-state index contributed by atoms with van der Waals surface area (Å²) in [6.07, 6.45) is -1.54. The van der Waals surface area contributed by atoms with E-state index in [9.17, 15) is 21.6 Å². The molecule has 0 unspecified atom stereocenters. The normalized spacial score (nSPS) is 17.5. The van der Waals surface area contributed by atoms with Crippen molar-refractivity contribution in [3.05, 3.63) is 23.9 Å². The monoisotopic (exact) mass is 280 g/mol. The molecule has 0 bridgehead atoms. The zero-order chi connectivity index (χ0) is 13.4. The Morgan fingerprint density at radius 1 is 1.28 bits per heavy atom. The van der Waals surface area contributed by atoms with E-state index >= 15 is 0 Å². The van der Waals surface area contributed by atoms with Crippen LogP contribution >= 0.6 is 0 Å². The van der Waals surface area contributed by atoms with Crippen LogP contribution in [0.1, 0.15) is 24.8 Å². The number of halogens is 3. The molecule has 1 aliphatic carbocycles. The van der Waals surface area contributed by atoms with Gasteiger partial charge in [-0.3, -0.25) is 0 Å². The second-order valence-electron chi connectivity index (χ2n) is 4.13. The summed E-state index contributed by atoms with van der Waals surface area (Å²) in [5, 5.41) is -0.387. The fraction of sp³-hybridized carbons (Fsp3) is 0.500. The SMILES string of the molecule is O=S(=O)(NC1CCC1)c1ccc(C(F)(F)F)cn1. The Kier molecular flexibility index (Phi) is 3.33. The Labute approximate surface area is 102 Å². The molecule has 0 radical (unpaired) electrons. The van der Waals surface area contributed by atoms with Gasteiger partial charge in [-0.15, -0.1) is 0 Å². The van der Waals surface area contributed by atoms with Gasteiger partial charge in [0.25, 0.3) is 10.0 Å². The number of hydrogen-bond donors (Lipinski definition) is 1. The van der Waals surface area contributed by atoms with E-state index in [1.165, 1.54) is 0 Å². The fourth-order valence-corrected chi connectivity index (χ4v) is 2.75. The summed E-state index contributed by atoms with van der Waals surface area (Å²) < 4.78 is 62.7. The molecule has 0 aliphatic heterocycles. The Balaban J connectivity index is 2.18. The predicted molar refractivity (Wildman–Crippen MR) is 57.2 cm³/mol. The summed E-state index contributed by atoms with van der Waals surface area (Å²) in [4.78, 5) is 3.36. The molecule has 4 nitrogen and oxygen atoms in total. The molecule has 0 amide bonds. The Morgan fingerprint density at radius 3 is 2.33 bits per heavy atom. The van der Waals surface area contributed by atoms with Crippen LogP contribution in [0.5, 0.6) is 0 Å². The van der Waals surface area contributed by atoms with Gasteiger partial charge in [-0.1, -0.05) is 6.42 Å². The van der Waals surface area contributed by atoms with Gasteiger partial charge in [0.15, 0.2) is 5.03 Å². The molecule has 1 fully saturated rings. The van der Waals surface area contributed by atoms with E-state index in [2.05, 4.69) is 9.71 Å². The Morgan fingerprint density at radius 2 is 1.94 bits per heavy atom. The van der Waals surface area contributed by atoms with Crippen LogP contribution in [0.2, 0.25) is 0 Å². The van der Waals surface area contributed by atoms with E-state index in [1.54, 1.807) is 0 Å². The van der Waals surface area contributed by atoms with Crippen molar-refractivity contribution in [3.63, 3.8) is 0 Å². The third kappa shape index (κ3) is 2.81. The number of alkyl halides is 3. The van der Waals surface area contributed by atoms with Gasteiger partial charge in [-0.2, -0.15) is 13.2 Å². The summed E-state index contributed by atoms with van der Waals surface area (Å²) in [6, 6.07) is 1.45. The highest BCUT2D eigenvalue weighted by molar-refractivity contribution is 7.89. The van der Waals surface area contributed by atoms with E-state index in [-0.39, 0.29) is 11.1 Å². The molecule has 18 heavy (non-hydrogen) atoms. The smallest absolute Gasteiger partial charge is 0.243 e. The van der Waals surface area contributed by atoms with Crippen molar-refractivity contribution >= 4 is 10.0 Å². The number of nitrogens with zero attached hydrogens (tertiary/aromatic N) is 1. The molecule has 0 aromatic carbocycles. The lowest BCUT2D eigenvalue weighted by molar-refractivity contribution is -0.137. The highest BCUT2D eigenvalue weighted by Crippen LogP contribution is 2.29. The third-order valence-electron chi connectivity index (χ3n) is 2.77. The maximum atomic E-state index is 12.3. The van der Waals surface area contributed by atoms with Gasteiger partial charge < -0.3 is 0 Å². The molecular weight excluding hydrogens is 269 g/mol. The van der Waals surface area contributed by atoms with Crippen LogP contribution in [0.25, 0.3) is 0 Å². The second kappa shape index (κ2) is 4.51. The van der Waals surface area contributed by atoms with Crippen LogP contribution in [0.3, 0.4) is 0 Å². The van der Waals surface area contributed by atoms with Crippen LogP contribution in [-0.4, -0.2) is 19.4 Å². The maximum absolute atomic E-state index is 12.3. The third-order valence-corrected chi connectivity index (χ3v) is 4.20. The standard InChI is InChI=1S/C10H11F3N2O2S/c11-10(12,13)7-4-5-9(14-6-7)18(16,17)15-8-2-1-3-8/h4-6,8,15H,1-3H2. The zero-order valence-corrected chi connectivity index (χ0v) is 10.1. The highest BCUT2D eigenvalue weighted by Gasteiger charge is 2.32. The van der Waals surface area contributed by atoms with E-state index in [0.29, 0.717) is 12.3 Å². The molecule has 1 aromatic heterocycles. The molecule has 1 saturated carbocycles. The molecule has 1 aromatic rings. The summed E-state index contributed by atoms with van der Waals surface area (Å²) in [7, 11) is -3.81. The van der Waals surface area contributed by atoms with Crippen LogP contribution in [0.4, 0.5) is 13.2 Å². The molecule has 100 valence electrons. The van der Waals surface area contributed by atoms with Gasteiger partial charge >= 0.3 is 6.18 Å². The first-order chi connectivity index (χ1) is 8.29. The lowest BCUT2D eigenvalue weighted by atomic mass is 9.94. The fourth-order valence-electron chi connectivity index (χ4n) is 1.51. The summed E-state index contributed by atoms with van der Waals surface area (Å²) >= 11 is 0. The van der Waals surface area contributed by atoms with E-state index < -0.39 is 21.8 Å². The van der Waals surface area contributed by atoms with Crippen molar-refractivity contribution in [1.29, 1.82) is 0 Å².